The van der Waals surface area contributed by atoms with Gasteiger partial charge >= 0.3 is 0 Å². The normalized spacial score (nSPS) is 15.1. The summed E-state index contributed by atoms with van der Waals surface area (Å²) in [7, 11) is 1.97. The predicted octanol–water partition coefficient (Wildman–Crippen LogP) is 4.41. The van der Waals surface area contributed by atoms with Crippen LogP contribution in [0.5, 0.6) is 5.75 Å². The summed E-state index contributed by atoms with van der Waals surface area (Å²) >= 11 is 11.2. The van der Waals surface area contributed by atoms with Gasteiger partial charge in [-0.15, -0.1) is 11.3 Å². The molecule has 100 valence electrons. The van der Waals surface area contributed by atoms with Crippen molar-refractivity contribution in [1.82, 2.24) is 5.32 Å². The zero-order valence-corrected chi connectivity index (χ0v) is 13.5. The molecule has 1 atom stereocenters. The highest BCUT2D eigenvalue weighted by atomic mass is 79.9. The maximum absolute atomic E-state index is 6.14. The average molecular weight is 359 g/mol. The second-order valence-electron chi connectivity index (χ2n) is 4.46. The third kappa shape index (κ3) is 2.55. The number of halogens is 2. The van der Waals surface area contributed by atoms with E-state index in [9.17, 15) is 0 Å². The Morgan fingerprint density at radius 1 is 1.42 bits per heavy atom. The number of ether oxygens (including phenoxy) is 1. The average Bonchev–Trinajstić information content (AvgIpc) is 2.98. The van der Waals surface area contributed by atoms with Crippen LogP contribution in [0.15, 0.2) is 28.7 Å². The van der Waals surface area contributed by atoms with Gasteiger partial charge in [-0.05, 0) is 46.2 Å². The van der Waals surface area contributed by atoms with Crippen LogP contribution < -0.4 is 10.1 Å². The molecule has 0 radical (unpaired) electrons. The van der Waals surface area contributed by atoms with Gasteiger partial charge in [0.15, 0.2) is 0 Å². The zero-order valence-electron chi connectivity index (χ0n) is 10.4. The highest BCUT2D eigenvalue weighted by Gasteiger charge is 2.19. The van der Waals surface area contributed by atoms with Crippen LogP contribution in [-0.2, 0) is 6.42 Å². The standard InChI is InChI=1S/C14H13BrClNOS/c1-17-13(12-7-10(15)14(16)19-12)9-2-3-11-8(6-9)4-5-18-11/h2-3,6-7,13,17H,4-5H2,1H3. The highest BCUT2D eigenvalue weighted by Crippen LogP contribution is 2.38. The summed E-state index contributed by atoms with van der Waals surface area (Å²) in [5.74, 6) is 1.02. The van der Waals surface area contributed by atoms with Crippen LogP contribution in [0.25, 0.3) is 0 Å². The first-order chi connectivity index (χ1) is 9.19. The van der Waals surface area contributed by atoms with Gasteiger partial charge in [0.05, 0.1) is 12.6 Å². The van der Waals surface area contributed by atoms with Gasteiger partial charge in [-0.3, -0.25) is 0 Å². The van der Waals surface area contributed by atoms with Crippen LogP contribution in [0.3, 0.4) is 0 Å². The summed E-state index contributed by atoms with van der Waals surface area (Å²) in [5, 5.41) is 3.36. The maximum atomic E-state index is 6.14. The number of rotatable bonds is 3. The van der Waals surface area contributed by atoms with Crippen molar-refractivity contribution in [2.24, 2.45) is 0 Å². The first-order valence-corrected chi connectivity index (χ1v) is 8.05. The van der Waals surface area contributed by atoms with Crippen LogP contribution in [-0.4, -0.2) is 13.7 Å². The molecular formula is C14H13BrClNOS. The fourth-order valence-corrected chi connectivity index (χ4v) is 4.24. The Bertz CT molecular complexity index is 594. The van der Waals surface area contributed by atoms with Crippen molar-refractivity contribution in [1.29, 1.82) is 0 Å². The van der Waals surface area contributed by atoms with Gasteiger partial charge in [-0.2, -0.15) is 0 Å². The molecule has 2 heterocycles. The lowest BCUT2D eigenvalue weighted by molar-refractivity contribution is 0.357. The van der Waals surface area contributed by atoms with Crippen molar-refractivity contribution >= 4 is 38.9 Å². The molecule has 0 amide bonds. The molecular weight excluding hydrogens is 346 g/mol. The van der Waals surface area contributed by atoms with Crippen LogP contribution in [0.1, 0.15) is 22.0 Å². The second kappa shape index (κ2) is 5.44. The summed E-state index contributed by atoms with van der Waals surface area (Å²) in [4.78, 5) is 1.21. The molecule has 0 fully saturated rings. The van der Waals surface area contributed by atoms with Crippen LogP contribution in [0.4, 0.5) is 0 Å². The monoisotopic (exact) mass is 357 g/mol. The number of benzene rings is 1. The minimum absolute atomic E-state index is 0.166. The van der Waals surface area contributed by atoms with Gasteiger partial charge < -0.3 is 10.1 Å². The molecule has 0 saturated heterocycles. The topological polar surface area (TPSA) is 21.3 Å². The van der Waals surface area contributed by atoms with Gasteiger partial charge in [0.2, 0.25) is 0 Å². The Hall–Kier alpha value is -0.550. The van der Waals surface area contributed by atoms with E-state index in [1.807, 2.05) is 7.05 Å². The molecule has 2 nitrogen and oxygen atoms in total. The molecule has 0 spiro atoms. The molecule has 1 aromatic heterocycles. The lowest BCUT2D eigenvalue weighted by Crippen LogP contribution is -2.16. The Kier molecular flexibility index (Phi) is 3.85. The van der Waals surface area contributed by atoms with E-state index in [1.165, 1.54) is 16.0 Å². The third-order valence-electron chi connectivity index (χ3n) is 3.28. The number of hydrogen-bond acceptors (Lipinski definition) is 3. The summed E-state index contributed by atoms with van der Waals surface area (Å²) in [6, 6.07) is 8.65. The van der Waals surface area contributed by atoms with E-state index < -0.39 is 0 Å². The van der Waals surface area contributed by atoms with Gasteiger partial charge in [-0.1, -0.05) is 23.7 Å². The fourth-order valence-electron chi connectivity index (χ4n) is 2.36. The van der Waals surface area contributed by atoms with Crippen molar-refractivity contribution in [3.05, 3.63) is 49.1 Å². The zero-order chi connectivity index (χ0) is 13.4. The fraction of sp³-hybridized carbons (Fsp3) is 0.286. The lowest BCUT2D eigenvalue weighted by Gasteiger charge is -2.15. The van der Waals surface area contributed by atoms with Gasteiger partial charge in [0.25, 0.3) is 0 Å². The van der Waals surface area contributed by atoms with E-state index in [4.69, 9.17) is 16.3 Å². The highest BCUT2D eigenvalue weighted by molar-refractivity contribution is 9.10. The molecule has 1 unspecified atom stereocenters. The van der Waals surface area contributed by atoms with Crippen molar-refractivity contribution in [2.45, 2.75) is 12.5 Å². The SMILES string of the molecule is CNC(c1ccc2c(c1)CCO2)c1cc(Br)c(Cl)s1. The van der Waals surface area contributed by atoms with E-state index >= 15 is 0 Å². The molecule has 1 aliphatic rings. The smallest absolute Gasteiger partial charge is 0.122 e. The van der Waals surface area contributed by atoms with Gasteiger partial charge in [0.1, 0.15) is 10.1 Å². The van der Waals surface area contributed by atoms with E-state index in [0.717, 1.165) is 27.6 Å². The molecule has 1 aliphatic heterocycles. The van der Waals surface area contributed by atoms with Gasteiger partial charge in [-0.25, -0.2) is 0 Å². The number of hydrogen-bond donors (Lipinski definition) is 1. The summed E-state index contributed by atoms with van der Waals surface area (Å²) in [5.41, 5.74) is 2.54. The summed E-state index contributed by atoms with van der Waals surface area (Å²) in [6.07, 6.45) is 0.995. The molecule has 3 rings (SSSR count). The molecule has 1 N–H and O–H groups in total. The first kappa shape index (κ1) is 13.4. The number of nitrogens with one attached hydrogen (secondary N) is 1. The third-order valence-corrected chi connectivity index (χ3v) is 5.82. The summed E-state index contributed by atoms with van der Waals surface area (Å²) < 4.78 is 7.30. The Morgan fingerprint density at radius 2 is 2.26 bits per heavy atom. The van der Waals surface area contributed by atoms with E-state index in [1.54, 1.807) is 11.3 Å². The van der Waals surface area contributed by atoms with Gasteiger partial charge in [0, 0.05) is 15.8 Å². The molecule has 2 aromatic rings. The molecule has 5 heteroatoms. The minimum Gasteiger partial charge on any atom is -0.493 e. The first-order valence-electron chi connectivity index (χ1n) is 6.06. The van der Waals surface area contributed by atoms with Crippen molar-refractivity contribution < 1.29 is 4.74 Å². The Labute approximate surface area is 129 Å². The largest absolute Gasteiger partial charge is 0.493 e. The van der Waals surface area contributed by atoms with Crippen LogP contribution in [0.2, 0.25) is 4.34 Å². The predicted molar refractivity (Wildman–Crippen MR) is 83.6 cm³/mol. The van der Waals surface area contributed by atoms with Crippen LogP contribution in [0, 0.1) is 0 Å². The second-order valence-corrected chi connectivity index (χ2v) is 7.00. The lowest BCUT2D eigenvalue weighted by atomic mass is 10.0. The van der Waals surface area contributed by atoms with E-state index in [-0.39, 0.29) is 6.04 Å². The minimum atomic E-state index is 0.166. The van der Waals surface area contributed by atoms with E-state index in [0.29, 0.717) is 0 Å². The van der Waals surface area contributed by atoms with Crippen molar-refractivity contribution in [3.63, 3.8) is 0 Å². The van der Waals surface area contributed by atoms with Crippen molar-refractivity contribution in [2.75, 3.05) is 13.7 Å². The Morgan fingerprint density at radius 3 is 2.95 bits per heavy atom. The van der Waals surface area contributed by atoms with E-state index in [2.05, 4.69) is 45.5 Å². The number of fused-ring (bicyclic) bond motifs is 1. The van der Waals surface area contributed by atoms with Crippen molar-refractivity contribution in [3.8, 4) is 5.75 Å². The summed E-state index contributed by atoms with van der Waals surface area (Å²) in [6.45, 7) is 0.791. The molecule has 0 bridgehead atoms. The molecule has 0 saturated carbocycles. The quantitative estimate of drug-likeness (QED) is 0.877. The molecule has 0 aliphatic carbocycles. The maximum Gasteiger partial charge on any atom is 0.122 e. The Balaban J connectivity index is 1.98. The molecule has 19 heavy (non-hydrogen) atoms. The van der Waals surface area contributed by atoms with Crippen LogP contribution >= 0.6 is 38.9 Å². The number of thiophene rings is 1. The molecule has 1 aromatic carbocycles.